The summed E-state index contributed by atoms with van der Waals surface area (Å²) in [7, 11) is 0. The third-order valence-electron chi connectivity index (χ3n) is 3.84. The van der Waals surface area contributed by atoms with Crippen LogP contribution in [0.15, 0.2) is 10.6 Å². The average Bonchev–Trinajstić information content (AvgIpc) is 3.16. The van der Waals surface area contributed by atoms with Crippen LogP contribution in [0.25, 0.3) is 0 Å². The van der Waals surface area contributed by atoms with Crippen LogP contribution < -0.4 is 5.32 Å². The lowest BCUT2D eigenvalue weighted by Crippen LogP contribution is -2.29. The molecule has 1 unspecified atom stereocenters. The minimum atomic E-state index is -0.106. The fourth-order valence-corrected chi connectivity index (χ4v) is 2.23. The Morgan fingerprint density at radius 2 is 2.32 bits per heavy atom. The molecule has 1 heterocycles. The molecule has 1 aromatic rings. The van der Waals surface area contributed by atoms with Crippen LogP contribution in [-0.2, 0) is 0 Å². The number of carbonyl (C=O) groups excluding carboxylic acids is 1. The zero-order valence-electron chi connectivity index (χ0n) is 11.9. The van der Waals surface area contributed by atoms with Gasteiger partial charge < -0.3 is 9.84 Å². The van der Waals surface area contributed by atoms with Crippen molar-refractivity contribution in [3.63, 3.8) is 0 Å². The van der Waals surface area contributed by atoms with Crippen molar-refractivity contribution in [2.45, 2.75) is 58.3 Å². The van der Waals surface area contributed by atoms with Gasteiger partial charge in [0.25, 0.3) is 5.91 Å². The number of aromatic nitrogens is 1. The first kappa shape index (κ1) is 14.1. The van der Waals surface area contributed by atoms with Gasteiger partial charge in [0.2, 0.25) is 0 Å². The third-order valence-corrected chi connectivity index (χ3v) is 3.84. The molecule has 1 fully saturated rings. The van der Waals surface area contributed by atoms with E-state index in [1.807, 2.05) is 0 Å². The summed E-state index contributed by atoms with van der Waals surface area (Å²) in [5.41, 5.74) is 0.423. The van der Waals surface area contributed by atoms with Gasteiger partial charge in [0, 0.05) is 18.5 Å². The van der Waals surface area contributed by atoms with E-state index < -0.39 is 0 Å². The molecule has 4 heteroatoms. The highest BCUT2D eigenvalue weighted by molar-refractivity contribution is 5.92. The number of rotatable bonds is 8. The molecule has 4 nitrogen and oxygen atoms in total. The van der Waals surface area contributed by atoms with Crippen LogP contribution >= 0.6 is 0 Å². The highest BCUT2D eigenvalue weighted by Crippen LogP contribution is 2.40. The Bertz CT molecular complexity index is 410. The number of amides is 1. The molecular formula is C15H24N2O2. The van der Waals surface area contributed by atoms with Gasteiger partial charge >= 0.3 is 0 Å². The summed E-state index contributed by atoms with van der Waals surface area (Å²) in [6.45, 7) is 5.11. The molecule has 1 aliphatic carbocycles. The van der Waals surface area contributed by atoms with E-state index in [2.05, 4.69) is 24.3 Å². The molecular weight excluding hydrogens is 240 g/mol. The number of hydrogen-bond acceptors (Lipinski definition) is 3. The van der Waals surface area contributed by atoms with E-state index in [0.717, 1.165) is 31.6 Å². The number of hydrogen-bond donors (Lipinski definition) is 1. The number of unbranched alkanes of at least 4 members (excludes halogenated alkanes) is 1. The lowest BCUT2D eigenvalue weighted by atomic mass is 9.99. The topological polar surface area (TPSA) is 55.1 Å². The standard InChI is InChI=1S/C15H24N2O2/c1-3-5-6-11(4-2)10-16-15(18)13-9-14(19-17-13)12-7-8-12/h9,11-12H,3-8,10H2,1-2H3,(H,16,18). The van der Waals surface area contributed by atoms with Gasteiger partial charge in [-0.2, -0.15) is 0 Å². The number of carbonyl (C=O) groups is 1. The van der Waals surface area contributed by atoms with Crippen molar-refractivity contribution in [1.82, 2.24) is 10.5 Å². The summed E-state index contributed by atoms with van der Waals surface area (Å²) < 4.78 is 5.20. The molecule has 0 aliphatic heterocycles. The second kappa shape index (κ2) is 6.73. The summed E-state index contributed by atoms with van der Waals surface area (Å²) >= 11 is 0. The SMILES string of the molecule is CCCCC(CC)CNC(=O)c1cc(C2CC2)on1. The zero-order valence-corrected chi connectivity index (χ0v) is 11.9. The van der Waals surface area contributed by atoms with Crippen molar-refractivity contribution in [1.29, 1.82) is 0 Å². The Morgan fingerprint density at radius 3 is 2.95 bits per heavy atom. The van der Waals surface area contributed by atoms with Crippen LogP contribution in [0.1, 0.15) is 74.5 Å². The molecule has 2 rings (SSSR count). The van der Waals surface area contributed by atoms with Gasteiger partial charge in [0.15, 0.2) is 5.69 Å². The van der Waals surface area contributed by atoms with Gasteiger partial charge in [-0.25, -0.2) is 0 Å². The molecule has 0 spiro atoms. The van der Waals surface area contributed by atoms with Crippen molar-refractivity contribution in [3.05, 3.63) is 17.5 Å². The second-order valence-corrected chi connectivity index (χ2v) is 5.52. The summed E-state index contributed by atoms with van der Waals surface area (Å²) in [4.78, 5) is 12.0. The van der Waals surface area contributed by atoms with Gasteiger partial charge in [-0.3, -0.25) is 4.79 Å². The van der Waals surface area contributed by atoms with E-state index in [-0.39, 0.29) is 5.91 Å². The second-order valence-electron chi connectivity index (χ2n) is 5.52. The van der Waals surface area contributed by atoms with E-state index >= 15 is 0 Å². The minimum absolute atomic E-state index is 0.106. The molecule has 1 saturated carbocycles. The number of nitrogens with one attached hydrogen (secondary N) is 1. The smallest absolute Gasteiger partial charge is 0.273 e. The molecule has 0 bridgehead atoms. The zero-order chi connectivity index (χ0) is 13.7. The fraction of sp³-hybridized carbons (Fsp3) is 0.733. The lowest BCUT2D eigenvalue weighted by molar-refractivity contribution is 0.0936. The first-order chi connectivity index (χ1) is 9.24. The van der Waals surface area contributed by atoms with Crippen molar-refractivity contribution < 1.29 is 9.32 Å². The molecule has 1 aliphatic rings. The summed E-state index contributed by atoms with van der Waals surface area (Å²) in [5, 5.41) is 6.83. The molecule has 1 N–H and O–H groups in total. The Labute approximate surface area is 114 Å². The lowest BCUT2D eigenvalue weighted by Gasteiger charge is -2.14. The first-order valence-corrected chi connectivity index (χ1v) is 7.49. The van der Waals surface area contributed by atoms with Crippen LogP contribution in [0, 0.1) is 5.92 Å². The van der Waals surface area contributed by atoms with Crippen molar-refractivity contribution in [2.75, 3.05) is 6.54 Å². The summed E-state index contributed by atoms with van der Waals surface area (Å²) in [6, 6.07) is 1.79. The van der Waals surface area contributed by atoms with Gasteiger partial charge in [-0.05, 0) is 25.2 Å². The molecule has 19 heavy (non-hydrogen) atoms. The Morgan fingerprint density at radius 1 is 1.53 bits per heavy atom. The van der Waals surface area contributed by atoms with E-state index in [4.69, 9.17) is 4.52 Å². The maximum absolute atomic E-state index is 12.0. The monoisotopic (exact) mass is 264 g/mol. The average molecular weight is 264 g/mol. The largest absolute Gasteiger partial charge is 0.360 e. The summed E-state index contributed by atoms with van der Waals surface area (Å²) in [5.74, 6) is 1.83. The Hall–Kier alpha value is -1.32. The van der Waals surface area contributed by atoms with E-state index in [1.54, 1.807) is 6.07 Å². The molecule has 0 aromatic carbocycles. The maximum Gasteiger partial charge on any atom is 0.273 e. The molecule has 106 valence electrons. The highest BCUT2D eigenvalue weighted by Gasteiger charge is 2.28. The quantitative estimate of drug-likeness (QED) is 0.781. The van der Waals surface area contributed by atoms with Crippen molar-refractivity contribution in [3.8, 4) is 0 Å². The Balaban J connectivity index is 1.78. The van der Waals surface area contributed by atoms with Gasteiger partial charge in [-0.1, -0.05) is 38.3 Å². The van der Waals surface area contributed by atoms with Crippen LogP contribution in [0.5, 0.6) is 0 Å². The van der Waals surface area contributed by atoms with Crippen molar-refractivity contribution in [2.24, 2.45) is 5.92 Å². The fourth-order valence-electron chi connectivity index (χ4n) is 2.23. The first-order valence-electron chi connectivity index (χ1n) is 7.49. The Kier molecular flexibility index (Phi) is 5.00. The van der Waals surface area contributed by atoms with Crippen LogP contribution in [0.3, 0.4) is 0 Å². The normalized spacial score (nSPS) is 16.3. The minimum Gasteiger partial charge on any atom is -0.360 e. The van der Waals surface area contributed by atoms with Crippen molar-refractivity contribution >= 4 is 5.91 Å². The van der Waals surface area contributed by atoms with Gasteiger partial charge in [-0.15, -0.1) is 0 Å². The van der Waals surface area contributed by atoms with E-state index in [9.17, 15) is 4.79 Å². The third kappa shape index (κ3) is 4.08. The summed E-state index contributed by atoms with van der Waals surface area (Å²) in [6.07, 6.45) is 7.03. The van der Waals surface area contributed by atoms with Crippen LogP contribution in [-0.4, -0.2) is 17.6 Å². The molecule has 1 amide bonds. The van der Waals surface area contributed by atoms with E-state index in [0.29, 0.717) is 17.5 Å². The predicted octanol–water partition coefficient (Wildman–Crippen LogP) is 3.50. The molecule has 0 saturated heterocycles. The number of nitrogens with zero attached hydrogens (tertiary/aromatic N) is 1. The molecule has 0 radical (unpaired) electrons. The molecule has 1 aromatic heterocycles. The highest BCUT2D eigenvalue weighted by atomic mass is 16.5. The van der Waals surface area contributed by atoms with Crippen LogP contribution in [0.2, 0.25) is 0 Å². The van der Waals surface area contributed by atoms with E-state index in [1.165, 1.54) is 19.3 Å². The van der Waals surface area contributed by atoms with Crippen LogP contribution in [0.4, 0.5) is 0 Å². The molecule has 1 atom stereocenters. The predicted molar refractivity (Wildman–Crippen MR) is 74.1 cm³/mol. The van der Waals surface area contributed by atoms with Gasteiger partial charge in [0.1, 0.15) is 5.76 Å². The maximum atomic E-state index is 12.0. The van der Waals surface area contributed by atoms with Gasteiger partial charge in [0.05, 0.1) is 0 Å².